The Balaban J connectivity index is 1.62. The molecule has 0 spiro atoms. The number of halogens is 3. The fourth-order valence-corrected chi connectivity index (χ4v) is 3.76. The zero-order valence-electron chi connectivity index (χ0n) is 18.0. The van der Waals surface area contributed by atoms with E-state index in [1.54, 1.807) is 24.4 Å². The summed E-state index contributed by atoms with van der Waals surface area (Å²) in [5.74, 6) is 0.904. The SMILES string of the molecule is COCc1nc(Nc2ccc3cccnc3c2)c2ccc(-c3ncccc3C(F)(F)F)cc2n1. The first-order valence-corrected chi connectivity index (χ1v) is 10.4. The van der Waals surface area contributed by atoms with Crippen molar-refractivity contribution in [3.63, 3.8) is 0 Å². The number of ether oxygens (including phenoxy) is 1. The van der Waals surface area contributed by atoms with Crippen molar-refractivity contribution in [2.24, 2.45) is 0 Å². The van der Waals surface area contributed by atoms with Gasteiger partial charge in [0, 0.05) is 41.5 Å². The Bertz CT molecular complexity index is 1500. The van der Waals surface area contributed by atoms with Gasteiger partial charge in [0.25, 0.3) is 0 Å². The first-order valence-electron chi connectivity index (χ1n) is 10.4. The molecule has 0 aliphatic carbocycles. The summed E-state index contributed by atoms with van der Waals surface area (Å²) in [4.78, 5) is 17.4. The summed E-state index contributed by atoms with van der Waals surface area (Å²) in [5, 5.41) is 4.94. The average molecular weight is 461 g/mol. The second kappa shape index (κ2) is 8.68. The molecular weight excluding hydrogens is 443 g/mol. The van der Waals surface area contributed by atoms with E-state index >= 15 is 0 Å². The van der Waals surface area contributed by atoms with Crippen molar-refractivity contribution in [1.29, 1.82) is 0 Å². The van der Waals surface area contributed by atoms with E-state index in [-0.39, 0.29) is 12.3 Å². The van der Waals surface area contributed by atoms with E-state index < -0.39 is 11.7 Å². The van der Waals surface area contributed by atoms with Crippen LogP contribution in [-0.4, -0.2) is 27.0 Å². The summed E-state index contributed by atoms with van der Waals surface area (Å²) in [7, 11) is 1.52. The molecular formula is C25H18F3N5O. The second-order valence-corrected chi connectivity index (χ2v) is 7.59. The van der Waals surface area contributed by atoms with Crippen LogP contribution in [-0.2, 0) is 17.5 Å². The molecule has 5 rings (SSSR count). The van der Waals surface area contributed by atoms with Crippen LogP contribution in [0.5, 0.6) is 0 Å². The number of nitrogens with zero attached hydrogens (tertiary/aromatic N) is 4. The van der Waals surface area contributed by atoms with E-state index in [2.05, 4.69) is 25.3 Å². The molecule has 6 nitrogen and oxygen atoms in total. The van der Waals surface area contributed by atoms with Crippen LogP contribution >= 0.6 is 0 Å². The fraction of sp³-hybridized carbons (Fsp3) is 0.120. The molecule has 0 aliphatic rings. The highest BCUT2D eigenvalue weighted by molar-refractivity contribution is 5.94. The lowest BCUT2D eigenvalue weighted by Crippen LogP contribution is -2.08. The van der Waals surface area contributed by atoms with Crippen molar-refractivity contribution in [3.05, 3.63) is 84.4 Å². The third-order valence-electron chi connectivity index (χ3n) is 5.27. The Labute approximate surface area is 192 Å². The van der Waals surface area contributed by atoms with Crippen LogP contribution in [0.25, 0.3) is 33.1 Å². The summed E-state index contributed by atoms with van der Waals surface area (Å²) >= 11 is 0. The lowest BCUT2D eigenvalue weighted by Gasteiger charge is -2.14. The van der Waals surface area contributed by atoms with Gasteiger partial charge in [0.2, 0.25) is 0 Å². The molecule has 0 amide bonds. The zero-order chi connectivity index (χ0) is 23.7. The molecule has 0 radical (unpaired) electrons. The predicted molar refractivity (Wildman–Crippen MR) is 124 cm³/mol. The summed E-state index contributed by atoms with van der Waals surface area (Å²) < 4.78 is 45.8. The van der Waals surface area contributed by atoms with Crippen molar-refractivity contribution in [2.75, 3.05) is 12.4 Å². The normalized spacial score (nSPS) is 11.8. The lowest BCUT2D eigenvalue weighted by atomic mass is 10.0. The Morgan fingerprint density at radius 2 is 1.71 bits per heavy atom. The van der Waals surface area contributed by atoms with Gasteiger partial charge >= 0.3 is 6.18 Å². The van der Waals surface area contributed by atoms with E-state index in [0.29, 0.717) is 28.1 Å². The van der Waals surface area contributed by atoms with E-state index in [4.69, 9.17) is 4.74 Å². The smallest absolute Gasteiger partial charge is 0.377 e. The first-order chi connectivity index (χ1) is 16.4. The number of pyridine rings is 2. The molecule has 34 heavy (non-hydrogen) atoms. The number of hydrogen-bond acceptors (Lipinski definition) is 6. The summed E-state index contributed by atoms with van der Waals surface area (Å²) in [5.41, 5.74) is 1.41. The van der Waals surface area contributed by atoms with E-state index in [1.165, 1.54) is 19.4 Å². The van der Waals surface area contributed by atoms with Crippen molar-refractivity contribution < 1.29 is 17.9 Å². The van der Waals surface area contributed by atoms with Crippen molar-refractivity contribution in [3.8, 4) is 11.3 Å². The van der Waals surface area contributed by atoms with Gasteiger partial charge < -0.3 is 10.1 Å². The summed E-state index contributed by atoms with van der Waals surface area (Å²) in [6.07, 6.45) is -1.47. The topological polar surface area (TPSA) is 72.8 Å². The molecule has 3 heterocycles. The number of fused-ring (bicyclic) bond motifs is 2. The predicted octanol–water partition coefficient (Wildman–Crippen LogP) is 6.15. The number of aromatic nitrogens is 4. The van der Waals surface area contributed by atoms with Gasteiger partial charge in [-0.3, -0.25) is 9.97 Å². The maximum atomic E-state index is 13.5. The Hall–Kier alpha value is -4.11. The number of hydrogen-bond donors (Lipinski definition) is 1. The molecule has 9 heteroatoms. The maximum Gasteiger partial charge on any atom is 0.418 e. The molecule has 2 aromatic carbocycles. The quantitative estimate of drug-likeness (QED) is 0.339. The van der Waals surface area contributed by atoms with Crippen LogP contribution in [0.1, 0.15) is 11.4 Å². The minimum Gasteiger partial charge on any atom is -0.377 e. The third-order valence-corrected chi connectivity index (χ3v) is 5.27. The summed E-state index contributed by atoms with van der Waals surface area (Å²) in [6, 6.07) is 16.7. The van der Waals surface area contributed by atoms with Crippen LogP contribution in [0.15, 0.2) is 73.1 Å². The van der Waals surface area contributed by atoms with Gasteiger partial charge in [-0.05, 0) is 42.5 Å². The monoisotopic (exact) mass is 461 g/mol. The van der Waals surface area contributed by atoms with E-state index in [9.17, 15) is 13.2 Å². The Kier molecular flexibility index (Phi) is 5.54. The van der Waals surface area contributed by atoms with Crippen LogP contribution < -0.4 is 5.32 Å². The number of benzene rings is 2. The van der Waals surface area contributed by atoms with Crippen molar-refractivity contribution >= 4 is 33.3 Å². The van der Waals surface area contributed by atoms with Crippen molar-refractivity contribution in [2.45, 2.75) is 12.8 Å². The van der Waals surface area contributed by atoms with Gasteiger partial charge in [-0.2, -0.15) is 13.2 Å². The first kappa shape index (κ1) is 21.7. The molecule has 0 bridgehead atoms. The van der Waals surface area contributed by atoms with Crippen LogP contribution in [0.4, 0.5) is 24.7 Å². The van der Waals surface area contributed by atoms with E-state index in [0.717, 1.165) is 22.7 Å². The average Bonchev–Trinajstić information content (AvgIpc) is 2.83. The van der Waals surface area contributed by atoms with Crippen LogP contribution in [0.2, 0.25) is 0 Å². The molecule has 170 valence electrons. The molecule has 0 unspecified atom stereocenters. The highest BCUT2D eigenvalue weighted by Gasteiger charge is 2.34. The molecule has 1 N–H and O–H groups in total. The molecule has 0 saturated heterocycles. The highest BCUT2D eigenvalue weighted by Crippen LogP contribution is 2.37. The number of rotatable bonds is 5. The number of alkyl halides is 3. The second-order valence-electron chi connectivity index (χ2n) is 7.59. The molecule has 0 saturated carbocycles. The molecule has 5 aromatic rings. The lowest BCUT2D eigenvalue weighted by molar-refractivity contribution is -0.137. The van der Waals surface area contributed by atoms with Gasteiger partial charge in [-0.1, -0.05) is 18.2 Å². The van der Waals surface area contributed by atoms with Gasteiger partial charge in [0.05, 0.1) is 22.3 Å². The maximum absolute atomic E-state index is 13.5. The van der Waals surface area contributed by atoms with Crippen LogP contribution in [0.3, 0.4) is 0 Å². The van der Waals surface area contributed by atoms with Crippen molar-refractivity contribution in [1.82, 2.24) is 19.9 Å². The Morgan fingerprint density at radius 3 is 2.53 bits per heavy atom. The van der Waals surface area contributed by atoms with Gasteiger partial charge in [0.15, 0.2) is 5.82 Å². The Morgan fingerprint density at radius 1 is 0.882 bits per heavy atom. The summed E-state index contributed by atoms with van der Waals surface area (Å²) in [6.45, 7) is 0.144. The van der Waals surface area contributed by atoms with E-state index in [1.807, 2.05) is 30.3 Å². The molecule has 0 fully saturated rings. The number of methoxy groups -OCH3 is 1. The number of nitrogens with one attached hydrogen (secondary N) is 1. The largest absolute Gasteiger partial charge is 0.418 e. The van der Waals surface area contributed by atoms with Gasteiger partial charge in [-0.25, -0.2) is 9.97 Å². The highest BCUT2D eigenvalue weighted by atomic mass is 19.4. The van der Waals surface area contributed by atoms with Gasteiger partial charge in [0.1, 0.15) is 12.4 Å². The molecule has 3 aromatic heterocycles. The zero-order valence-corrected chi connectivity index (χ0v) is 18.0. The third kappa shape index (κ3) is 4.25. The van der Waals surface area contributed by atoms with Crippen LogP contribution in [0, 0.1) is 0 Å². The standard InChI is InChI=1S/C25H18F3N5O/c1-34-14-22-32-21-12-16(23-19(25(26,27)28)5-3-11-30-23)7-9-18(21)24(33-22)31-17-8-6-15-4-2-10-29-20(15)13-17/h2-13H,14H2,1H3,(H,31,32,33). The fourth-order valence-electron chi connectivity index (χ4n) is 3.76. The minimum absolute atomic E-state index is 0.144. The number of anilines is 2. The van der Waals surface area contributed by atoms with Gasteiger partial charge in [-0.15, -0.1) is 0 Å². The molecule has 0 atom stereocenters. The minimum atomic E-state index is -4.53. The molecule has 0 aliphatic heterocycles.